The van der Waals surface area contributed by atoms with Crippen LogP contribution >= 0.6 is 15.8 Å². The van der Waals surface area contributed by atoms with Gasteiger partial charge in [0.1, 0.15) is 0 Å². The van der Waals surface area contributed by atoms with Crippen molar-refractivity contribution < 1.29 is 0 Å². The largest absolute Gasteiger partial charge is 0.0834 e. The molecule has 4 aromatic rings. The van der Waals surface area contributed by atoms with Crippen molar-refractivity contribution in [3.63, 3.8) is 0 Å². The van der Waals surface area contributed by atoms with Crippen molar-refractivity contribution in [3.8, 4) is 0 Å². The Labute approximate surface area is 257 Å². The summed E-state index contributed by atoms with van der Waals surface area (Å²) >= 11 is 0. The van der Waals surface area contributed by atoms with Gasteiger partial charge >= 0.3 is 0 Å². The second-order valence-electron chi connectivity index (χ2n) is 12.5. The molecule has 4 aromatic carbocycles. The second-order valence-corrected chi connectivity index (χ2v) is 18.4. The van der Waals surface area contributed by atoms with Crippen molar-refractivity contribution >= 4 is 15.8 Å². The quantitative estimate of drug-likeness (QED) is 0.114. The highest BCUT2D eigenvalue weighted by molar-refractivity contribution is 7.77. The van der Waals surface area contributed by atoms with Crippen LogP contribution < -0.4 is 0 Å². The van der Waals surface area contributed by atoms with Crippen molar-refractivity contribution in [1.29, 1.82) is 0 Å². The number of hydrogen-bond donors (Lipinski definition) is 0. The average molecular weight is 591 g/mol. The highest BCUT2D eigenvalue weighted by Gasteiger charge is 2.55. The molecule has 2 heteroatoms. The first-order valence-electron chi connectivity index (χ1n) is 16.6. The summed E-state index contributed by atoms with van der Waals surface area (Å²) in [6.07, 6.45) is 16.4. The molecule has 0 saturated carbocycles. The highest BCUT2D eigenvalue weighted by Crippen LogP contribution is 2.81. The van der Waals surface area contributed by atoms with Gasteiger partial charge in [-0.05, 0) is 66.7 Å². The maximum Gasteiger partial charge on any atom is 0.0407 e. The molecule has 2 saturated heterocycles. The van der Waals surface area contributed by atoms with E-state index in [-0.39, 0.29) is 26.2 Å². The van der Waals surface area contributed by atoms with Gasteiger partial charge in [0, 0.05) is 15.7 Å². The lowest BCUT2D eigenvalue weighted by atomic mass is 9.87. The SMILES string of the molecule is CCCCCCCC(P1CCCC1(c1ccccc1)c1ccccc1)P1CCCC1(c1ccccc1)c1ccccc1. The smallest absolute Gasteiger partial charge is 0.0407 e. The van der Waals surface area contributed by atoms with Gasteiger partial charge in [-0.3, -0.25) is 0 Å². The average Bonchev–Trinajstić information content (AvgIpc) is 3.71. The van der Waals surface area contributed by atoms with Crippen LogP contribution in [-0.2, 0) is 10.3 Å². The van der Waals surface area contributed by atoms with E-state index in [1.165, 1.54) is 76.5 Å². The molecule has 2 unspecified atom stereocenters. The van der Waals surface area contributed by atoms with Crippen LogP contribution in [0, 0.1) is 0 Å². The highest BCUT2D eigenvalue weighted by atomic mass is 31.2. The number of rotatable bonds is 12. The predicted molar refractivity (Wildman–Crippen MR) is 187 cm³/mol. The van der Waals surface area contributed by atoms with E-state index in [2.05, 4.69) is 128 Å². The zero-order valence-electron chi connectivity index (χ0n) is 25.5. The number of unbranched alkanes of at least 4 members (excludes halogenated alkanes) is 4. The molecule has 0 radical (unpaired) electrons. The Morgan fingerprint density at radius 3 is 1.21 bits per heavy atom. The van der Waals surface area contributed by atoms with Gasteiger partial charge in [-0.15, -0.1) is 0 Å². The lowest BCUT2D eigenvalue weighted by Crippen LogP contribution is -2.31. The van der Waals surface area contributed by atoms with Crippen LogP contribution in [0.5, 0.6) is 0 Å². The van der Waals surface area contributed by atoms with Crippen molar-refractivity contribution in [2.75, 3.05) is 12.3 Å². The Kier molecular flexibility index (Phi) is 9.94. The van der Waals surface area contributed by atoms with Crippen LogP contribution in [0.4, 0.5) is 0 Å². The lowest BCUT2D eigenvalue weighted by molar-refractivity contribution is 0.614. The van der Waals surface area contributed by atoms with Gasteiger partial charge in [-0.1, -0.05) is 176 Å². The maximum atomic E-state index is 2.47. The molecule has 0 N–H and O–H groups in total. The molecule has 2 fully saturated rings. The summed E-state index contributed by atoms with van der Waals surface area (Å²) in [4.78, 5) is 0. The summed E-state index contributed by atoms with van der Waals surface area (Å²) in [5.41, 5.74) is 6.31. The first-order chi connectivity index (χ1) is 20.8. The van der Waals surface area contributed by atoms with Crippen LogP contribution in [0.3, 0.4) is 0 Å². The van der Waals surface area contributed by atoms with Gasteiger partial charge in [-0.2, -0.15) is 0 Å². The lowest BCUT2D eigenvalue weighted by Gasteiger charge is -2.49. The van der Waals surface area contributed by atoms with E-state index < -0.39 is 0 Å². The summed E-state index contributed by atoms with van der Waals surface area (Å²) in [7, 11) is -0.509. The molecular formula is C40H48P2. The van der Waals surface area contributed by atoms with E-state index >= 15 is 0 Å². The molecule has 0 bridgehead atoms. The third-order valence-electron chi connectivity index (χ3n) is 10.1. The summed E-state index contributed by atoms with van der Waals surface area (Å²) in [6, 6.07) is 47.0. The minimum Gasteiger partial charge on any atom is -0.0834 e. The third kappa shape index (κ3) is 5.68. The molecule has 2 aliphatic rings. The van der Waals surface area contributed by atoms with Crippen LogP contribution in [0.1, 0.15) is 93.4 Å². The molecule has 2 atom stereocenters. The molecule has 0 aromatic heterocycles. The van der Waals surface area contributed by atoms with Gasteiger partial charge in [0.15, 0.2) is 0 Å². The summed E-state index contributed by atoms with van der Waals surface area (Å²) in [5, 5.41) is 1.13. The van der Waals surface area contributed by atoms with Gasteiger partial charge in [0.05, 0.1) is 0 Å². The van der Waals surface area contributed by atoms with Crippen LogP contribution in [-0.4, -0.2) is 17.7 Å². The number of hydrogen-bond acceptors (Lipinski definition) is 0. The van der Waals surface area contributed by atoms with E-state index in [1.54, 1.807) is 22.3 Å². The predicted octanol–water partition coefficient (Wildman–Crippen LogP) is 12.1. The van der Waals surface area contributed by atoms with Gasteiger partial charge in [0.25, 0.3) is 0 Å². The fourth-order valence-corrected chi connectivity index (χ4v) is 18.7. The van der Waals surface area contributed by atoms with Crippen molar-refractivity contribution in [2.45, 2.75) is 86.8 Å². The Morgan fingerprint density at radius 2 is 0.857 bits per heavy atom. The molecule has 0 amide bonds. The molecule has 6 rings (SSSR count). The molecule has 0 nitrogen and oxygen atoms in total. The normalized spacial score (nSPS) is 21.7. The summed E-state index contributed by atoms with van der Waals surface area (Å²) in [6.45, 7) is 2.34. The van der Waals surface area contributed by atoms with Gasteiger partial charge in [-0.25, -0.2) is 0 Å². The Morgan fingerprint density at radius 1 is 0.500 bits per heavy atom. The molecule has 2 aliphatic heterocycles. The zero-order chi connectivity index (χ0) is 28.7. The van der Waals surface area contributed by atoms with Crippen molar-refractivity contribution in [3.05, 3.63) is 144 Å². The fourth-order valence-electron chi connectivity index (χ4n) is 8.33. The molecular weight excluding hydrogens is 542 g/mol. The van der Waals surface area contributed by atoms with E-state index in [1.807, 2.05) is 0 Å². The minimum absolute atomic E-state index is 0.163. The van der Waals surface area contributed by atoms with E-state index in [0.29, 0.717) is 0 Å². The van der Waals surface area contributed by atoms with Crippen LogP contribution in [0.2, 0.25) is 0 Å². The van der Waals surface area contributed by atoms with Gasteiger partial charge in [0.2, 0.25) is 0 Å². The number of benzene rings is 4. The Balaban J connectivity index is 1.50. The Hall–Kier alpha value is -2.26. The first kappa shape index (κ1) is 29.8. The molecule has 0 aliphatic carbocycles. The van der Waals surface area contributed by atoms with Gasteiger partial charge < -0.3 is 0 Å². The second kappa shape index (κ2) is 14.0. The molecule has 218 valence electrons. The van der Waals surface area contributed by atoms with Crippen LogP contribution in [0.15, 0.2) is 121 Å². The summed E-state index contributed by atoms with van der Waals surface area (Å²) < 4.78 is 0. The Bertz CT molecular complexity index is 1170. The third-order valence-corrected chi connectivity index (χ3v) is 18.8. The van der Waals surface area contributed by atoms with E-state index in [0.717, 1.165) is 5.40 Å². The fraction of sp³-hybridized carbons (Fsp3) is 0.400. The minimum atomic E-state index is -0.255. The first-order valence-corrected chi connectivity index (χ1v) is 19.8. The van der Waals surface area contributed by atoms with Crippen LogP contribution in [0.25, 0.3) is 0 Å². The van der Waals surface area contributed by atoms with E-state index in [4.69, 9.17) is 0 Å². The molecule has 42 heavy (non-hydrogen) atoms. The summed E-state index contributed by atoms with van der Waals surface area (Å²) in [5.74, 6) is 0. The van der Waals surface area contributed by atoms with E-state index in [9.17, 15) is 0 Å². The molecule has 2 heterocycles. The monoisotopic (exact) mass is 590 g/mol. The molecule has 0 spiro atoms. The van der Waals surface area contributed by atoms with Crippen molar-refractivity contribution in [1.82, 2.24) is 0 Å². The standard InChI is InChI=1S/C40H48P2/c1-2-3-4-5-18-29-38(41-32-19-30-39(41,34-21-10-6-11-22-34)35-23-12-7-13-24-35)42-33-20-31-40(42,36-25-14-8-15-26-36)37-27-16-9-17-28-37/h6-17,21-28,38H,2-5,18-20,29-33H2,1H3. The zero-order valence-corrected chi connectivity index (χ0v) is 27.3. The topological polar surface area (TPSA) is 0 Å². The van der Waals surface area contributed by atoms with Crippen molar-refractivity contribution in [2.24, 2.45) is 0 Å². The maximum absolute atomic E-state index is 2.47.